The van der Waals surface area contributed by atoms with E-state index in [1.807, 2.05) is 19.4 Å². The lowest BCUT2D eigenvalue weighted by Gasteiger charge is -2.00. The molecule has 0 aliphatic rings. The van der Waals surface area contributed by atoms with Crippen molar-refractivity contribution in [3.63, 3.8) is 0 Å². The molecule has 1 aromatic rings. The smallest absolute Gasteiger partial charge is 0.268 e. The van der Waals surface area contributed by atoms with Crippen LogP contribution in [0.15, 0.2) is 17.2 Å². The number of carbonyl (C=O) groups excluding carboxylic acids is 1. The number of halogens is 1. The Morgan fingerprint density at radius 3 is 2.55 bits per heavy atom. The third kappa shape index (κ3) is 1.60. The molecular formula is C7H8ClNOS. The van der Waals surface area contributed by atoms with Crippen molar-refractivity contribution in [3.8, 4) is 0 Å². The lowest BCUT2D eigenvalue weighted by atomic mass is 10.5. The highest BCUT2D eigenvalue weighted by Crippen LogP contribution is 2.18. The Hall–Kier alpha value is -0.410. The minimum atomic E-state index is -0.409. The number of aromatic nitrogens is 1. The molecule has 1 rings (SSSR count). The minimum Gasteiger partial charge on any atom is -0.335 e. The zero-order valence-electron chi connectivity index (χ0n) is 6.30. The summed E-state index contributed by atoms with van der Waals surface area (Å²) in [6.07, 6.45) is 1.96. The van der Waals surface area contributed by atoms with Crippen molar-refractivity contribution < 1.29 is 4.79 Å². The number of rotatable bonds is 2. The van der Waals surface area contributed by atoms with Gasteiger partial charge in [-0.2, -0.15) is 0 Å². The van der Waals surface area contributed by atoms with Crippen molar-refractivity contribution in [3.05, 3.63) is 17.8 Å². The van der Waals surface area contributed by atoms with E-state index in [1.165, 1.54) is 0 Å². The van der Waals surface area contributed by atoms with Crippen LogP contribution in [0.5, 0.6) is 0 Å². The summed E-state index contributed by atoms with van der Waals surface area (Å²) in [6, 6.07) is 3.60. The van der Waals surface area contributed by atoms with Crippen LogP contribution >= 0.6 is 23.4 Å². The predicted molar refractivity (Wildman–Crippen MR) is 47.4 cm³/mol. The minimum absolute atomic E-state index is 0.409. The molecule has 0 spiro atoms. The molecule has 60 valence electrons. The Kier molecular flexibility index (Phi) is 2.62. The number of hydrogen-bond donors (Lipinski definition) is 0. The zero-order chi connectivity index (χ0) is 8.43. The lowest BCUT2D eigenvalue weighted by molar-refractivity contribution is 0.107. The summed E-state index contributed by atoms with van der Waals surface area (Å²) < 4.78 is 1.78. The monoisotopic (exact) mass is 189 g/mol. The van der Waals surface area contributed by atoms with Crippen LogP contribution in [0, 0.1) is 0 Å². The average Bonchev–Trinajstić information content (AvgIpc) is 2.30. The number of hydrogen-bond acceptors (Lipinski definition) is 2. The van der Waals surface area contributed by atoms with Crippen molar-refractivity contribution in [2.24, 2.45) is 7.05 Å². The second-order valence-corrected chi connectivity index (χ2v) is 3.26. The van der Waals surface area contributed by atoms with Gasteiger partial charge in [-0.3, -0.25) is 4.79 Å². The van der Waals surface area contributed by atoms with Crippen LogP contribution < -0.4 is 0 Å². The molecule has 0 aliphatic carbocycles. The van der Waals surface area contributed by atoms with Crippen LogP contribution in [-0.4, -0.2) is 16.1 Å². The molecule has 1 heterocycles. The van der Waals surface area contributed by atoms with Crippen LogP contribution in [0.3, 0.4) is 0 Å². The molecule has 0 radical (unpaired) electrons. The summed E-state index contributed by atoms with van der Waals surface area (Å²) in [5.41, 5.74) is 0.538. The molecule has 0 N–H and O–H groups in total. The molecule has 0 atom stereocenters. The van der Waals surface area contributed by atoms with E-state index in [2.05, 4.69) is 0 Å². The summed E-state index contributed by atoms with van der Waals surface area (Å²) in [7, 11) is 1.82. The van der Waals surface area contributed by atoms with E-state index in [4.69, 9.17) is 11.6 Å². The van der Waals surface area contributed by atoms with Gasteiger partial charge in [0, 0.05) is 7.05 Å². The summed E-state index contributed by atoms with van der Waals surface area (Å²) in [5.74, 6) is 0. The number of thioether (sulfide) groups is 1. The van der Waals surface area contributed by atoms with Gasteiger partial charge < -0.3 is 4.57 Å². The van der Waals surface area contributed by atoms with Gasteiger partial charge in [0.1, 0.15) is 5.69 Å². The Labute approximate surface area is 74.5 Å². The average molecular weight is 190 g/mol. The topological polar surface area (TPSA) is 22.0 Å². The molecule has 0 unspecified atom stereocenters. The number of carbonyl (C=O) groups is 1. The third-order valence-electron chi connectivity index (χ3n) is 1.49. The van der Waals surface area contributed by atoms with Crippen LogP contribution in [0.1, 0.15) is 10.5 Å². The SMILES string of the molecule is CSc1ccc(C(=O)Cl)n1C. The standard InChI is InChI=1S/C7H8ClNOS/c1-9-5(7(8)10)3-4-6(9)11-2/h3-4H,1-2H3. The van der Waals surface area contributed by atoms with Crippen molar-refractivity contribution in [2.45, 2.75) is 5.03 Å². The normalized spacial score (nSPS) is 10.1. The van der Waals surface area contributed by atoms with Gasteiger partial charge in [0.05, 0.1) is 5.03 Å². The molecule has 0 fully saturated rings. The van der Waals surface area contributed by atoms with Crippen molar-refractivity contribution in [2.75, 3.05) is 6.26 Å². The molecule has 4 heteroatoms. The molecule has 1 aromatic heterocycles. The molecule has 0 amide bonds. The first-order valence-electron chi connectivity index (χ1n) is 3.06. The quantitative estimate of drug-likeness (QED) is 0.525. The van der Waals surface area contributed by atoms with E-state index in [1.54, 1.807) is 22.4 Å². The van der Waals surface area contributed by atoms with Crippen molar-refractivity contribution in [1.29, 1.82) is 0 Å². The lowest BCUT2D eigenvalue weighted by Crippen LogP contribution is -1.99. The summed E-state index contributed by atoms with van der Waals surface area (Å²) in [5, 5.41) is 0.627. The highest BCUT2D eigenvalue weighted by atomic mass is 35.5. The Morgan fingerprint density at radius 2 is 2.27 bits per heavy atom. The first-order chi connectivity index (χ1) is 5.16. The summed E-state index contributed by atoms with van der Waals surface area (Å²) in [4.78, 5) is 10.7. The van der Waals surface area contributed by atoms with Gasteiger partial charge in [-0.05, 0) is 30.0 Å². The second kappa shape index (κ2) is 3.32. The summed E-state index contributed by atoms with van der Waals surface area (Å²) in [6.45, 7) is 0. The summed E-state index contributed by atoms with van der Waals surface area (Å²) >= 11 is 6.90. The fourth-order valence-electron chi connectivity index (χ4n) is 0.895. The van der Waals surface area contributed by atoms with Gasteiger partial charge in [0.2, 0.25) is 0 Å². The van der Waals surface area contributed by atoms with Crippen LogP contribution in [0.25, 0.3) is 0 Å². The molecule has 0 saturated heterocycles. The molecule has 0 aromatic carbocycles. The van der Waals surface area contributed by atoms with Gasteiger partial charge in [-0.1, -0.05) is 0 Å². The van der Waals surface area contributed by atoms with Gasteiger partial charge in [0.15, 0.2) is 0 Å². The van der Waals surface area contributed by atoms with Crippen LogP contribution in [0.2, 0.25) is 0 Å². The van der Waals surface area contributed by atoms with E-state index >= 15 is 0 Å². The van der Waals surface area contributed by atoms with Crippen molar-refractivity contribution >= 4 is 28.6 Å². The maximum absolute atomic E-state index is 10.7. The highest BCUT2D eigenvalue weighted by molar-refractivity contribution is 7.98. The number of nitrogens with zero attached hydrogens (tertiary/aromatic N) is 1. The predicted octanol–water partition coefficient (Wildman–Crippen LogP) is 2.13. The molecule has 11 heavy (non-hydrogen) atoms. The van der Waals surface area contributed by atoms with Crippen LogP contribution in [-0.2, 0) is 7.05 Å². The van der Waals surface area contributed by atoms with Crippen LogP contribution in [0.4, 0.5) is 0 Å². The zero-order valence-corrected chi connectivity index (χ0v) is 7.87. The Morgan fingerprint density at radius 1 is 1.64 bits per heavy atom. The Balaban J connectivity index is 3.10. The van der Waals surface area contributed by atoms with Crippen molar-refractivity contribution in [1.82, 2.24) is 4.57 Å². The molecule has 0 bridgehead atoms. The molecule has 0 saturated carbocycles. The fourth-order valence-corrected chi connectivity index (χ4v) is 1.66. The first kappa shape index (κ1) is 8.68. The van der Waals surface area contributed by atoms with Gasteiger partial charge in [-0.25, -0.2) is 0 Å². The maximum atomic E-state index is 10.7. The van der Waals surface area contributed by atoms with E-state index in [0.717, 1.165) is 5.03 Å². The third-order valence-corrected chi connectivity index (χ3v) is 2.51. The van der Waals surface area contributed by atoms with E-state index in [-0.39, 0.29) is 0 Å². The maximum Gasteiger partial charge on any atom is 0.268 e. The van der Waals surface area contributed by atoms with Gasteiger partial charge in [-0.15, -0.1) is 11.8 Å². The Bertz CT molecular complexity index is 282. The molecule has 0 aliphatic heterocycles. The van der Waals surface area contributed by atoms with E-state index in [9.17, 15) is 4.79 Å². The fraction of sp³-hybridized carbons (Fsp3) is 0.286. The largest absolute Gasteiger partial charge is 0.335 e. The van der Waals surface area contributed by atoms with E-state index < -0.39 is 5.24 Å². The second-order valence-electron chi connectivity index (χ2n) is 2.09. The molecular weight excluding hydrogens is 182 g/mol. The molecule has 2 nitrogen and oxygen atoms in total. The van der Waals surface area contributed by atoms with E-state index in [0.29, 0.717) is 5.69 Å². The van der Waals surface area contributed by atoms with Gasteiger partial charge >= 0.3 is 0 Å². The first-order valence-corrected chi connectivity index (χ1v) is 4.66. The van der Waals surface area contributed by atoms with Gasteiger partial charge in [0.25, 0.3) is 5.24 Å². The highest BCUT2D eigenvalue weighted by Gasteiger charge is 2.08.